The lowest BCUT2D eigenvalue weighted by molar-refractivity contribution is -0.119. The zero-order valence-corrected chi connectivity index (χ0v) is 21.2. The van der Waals surface area contributed by atoms with Gasteiger partial charge in [-0.2, -0.15) is 0 Å². The van der Waals surface area contributed by atoms with E-state index in [9.17, 15) is 14.4 Å². The van der Waals surface area contributed by atoms with E-state index in [2.05, 4.69) is 10.3 Å². The van der Waals surface area contributed by atoms with E-state index in [-0.39, 0.29) is 28.6 Å². The number of nitrogens with one attached hydrogen (secondary N) is 1. The number of carbonyl (C=O) groups is 3. The molecule has 1 aromatic heterocycles. The number of allylic oxidation sites excluding steroid dienone is 2. The van der Waals surface area contributed by atoms with Gasteiger partial charge in [0.1, 0.15) is 5.75 Å². The molecule has 0 bridgehead atoms. The lowest BCUT2D eigenvalue weighted by Crippen LogP contribution is -2.24. The van der Waals surface area contributed by atoms with Crippen molar-refractivity contribution in [3.8, 4) is 16.9 Å². The highest BCUT2D eigenvalue weighted by Crippen LogP contribution is 2.36. The third-order valence-electron chi connectivity index (χ3n) is 6.14. The van der Waals surface area contributed by atoms with Gasteiger partial charge in [0.2, 0.25) is 23.1 Å². The average Bonchev–Trinajstić information content (AvgIpc) is 2.91. The molecule has 37 heavy (non-hydrogen) atoms. The molecule has 1 heterocycles. The van der Waals surface area contributed by atoms with Crippen molar-refractivity contribution in [2.45, 2.75) is 13.8 Å². The maximum absolute atomic E-state index is 13.6. The number of benzene rings is 2. The van der Waals surface area contributed by atoms with Gasteiger partial charge < -0.3 is 19.5 Å². The first kappa shape index (κ1) is 25.4. The number of ketones is 2. The van der Waals surface area contributed by atoms with Crippen LogP contribution in [0.25, 0.3) is 16.7 Å². The van der Waals surface area contributed by atoms with Crippen LogP contribution in [0.1, 0.15) is 28.4 Å². The molecule has 1 amide bonds. The van der Waals surface area contributed by atoms with E-state index in [1.165, 1.54) is 14.2 Å². The molecular formula is C29H26N2O6. The number of ether oxygens (including phenoxy) is 3. The Bertz CT molecular complexity index is 1450. The zero-order valence-electron chi connectivity index (χ0n) is 21.2. The standard InChI is InChI=1S/C29H26N2O6/c1-16-13-19(24-17(2)25(32)27(36-4)28(37-5)26(24)33)14-22(23(16)18-7-6-12-30-15-18)29(34)31-20-8-10-21(35-3)11-9-20/h6-15H,1-5H3,(H,31,34). The first-order chi connectivity index (χ1) is 17.8. The number of anilines is 1. The van der Waals surface area contributed by atoms with Gasteiger partial charge in [-0.05, 0) is 66.9 Å². The zero-order chi connectivity index (χ0) is 26.7. The molecule has 0 saturated carbocycles. The molecule has 0 spiro atoms. The van der Waals surface area contributed by atoms with Crippen molar-refractivity contribution in [3.05, 3.63) is 94.7 Å². The second-order valence-corrected chi connectivity index (χ2v) is 8.36. The van der Waals surface area contributed by atoms with E-state index < -0.39 is 11.6 Å². The number of aryl methyl sites for hydroxylation is 1. The summed E-state index contributed by atoms with van der Waals surface area (Å²) in [5.41, 5.74) is 3.80. The normalized spacial score (nSPS) is 13.5. The van der Waals surface area contributed by atoms with Crippen LogP contribution >= 0.6 is 0 Å². The minimum Gasteiger partial charge on any atom is -0.497 e. The Morgan fingerprint density at radius 2 is 1.51 bits per heavy atom. The third kappa shape index (κ3) is 4.73. The smallest absolute Gasteiger partial charge is 0.256 e. The van der Waals surface area contributed by atoms with Crippen LogP contribution < -0.4 is 10.1 Å². The Morgan fingerprint density at radius 1 is 0.838 bits per heavy atom. The number of pyridine rings is 1. The van der Waals surface area contributed by atoms with E-state index in [4.69, 9.17) is 14.2 Å². The minimum atomic E-state index is -0.494. The quantitative estimate of drug-likeness (QED) is 0.469. The summed E-state index contributed by atoms with van der Waals surface area (Å²) in [6.45, 7) is 3.40. The maximum atomic E-state index is 13.6. The molecule has 4 rings (SSSR count). The fraction of sp³-hybridized carbons (Fsp3) is 0.172. The molecule has 0 unspecified atom stereocenters. The summed E-state index contributed by atoms with van der Waals surface area (Å²) in [6, 6.07) is 14.0. The summed E-state index contributed by atoms with van der Waals surface area (Å²) in [4.78, 5) is 44.2. The van der Waals surface area contributed by atoms with Crippen molar-refractivity contribution < 1.29 is 28.6 Å². The molecular weight excluding hydrogens is 472 g/mol. The number of hydrogen-bond donors (Lipinski definition) is 1. The van der Waals surface area contributed by atoms with Crippen LogP contribution in [0.5, 0.6) is 5.75 Å². The Morgan fingerprint density at radius 3 is 2.11 bits per heavy atom. The number of rotatable bonds is 7. The second kappa shape index (κ2) is 10.5. The molecule has 8 nitrogen and oxygen atoms in total. The van der Waals surface area contributed by atoms with Gasteiger partial charge in [-0.3, -0.25) is 19.4 Å². The van der Waals surface area contributed by atoms with Gasteiger partial charge in [0.25, 0.3) is 5.91 Å². The highest BCUT2D eigenvalue weighted by molar-refractivity contribution is 6.38. The van der Waals surface area contributed by atoms with E-state index in [0.29, 0.717) is 28.1 Å². The van der Waals surface area contributed by atoms with Crippen molar-refractivity contribution in [2.24, 2.45) is 0 Å². The molecule has 188 valence electrons. The predicted octanol–water partition coefficient (Wildman–Crippen LogP) is 4.75. The van der Waals surface area contributed by atoms with Crippen LogP contribution in [0.3, 0.4) is 0 Å². The van der Waals surface area contributed by atoms with Crippen molar-refractivity contribution in [3.63, 3.8) is 0 Å². The SMILES string of the molecule is COC1=C(OC)C(=O)C(c2cc(C)c(-c3cccnc3)c(C(=O)Nc3ccc(OC)cc3)c2)=C(C)C1=O. The number of nitrogens with zero attached hydrogens (tertiary/aromatic N) is 1. The predicted molar refractivity (Wildman–Crippen MR) is 139 cm³/mol. The Labute approximate surface area is 214 Å². The van der Waals surface area contributed by atoms with Gasteiger partial charge in [-0.1, -0.05) is 12.1 Å². The summed E-state index contributed by atoms with van der Waals surface area (Å²) >= 11 is 0. The Hall–Kier alpha value is -4.72. The van der Waals surface area contributed by atoms with Crippen LogP contribution in [-0.4, -0.2) is 43.8 Å². The van der Waals surface area contributed by atoms with Gasteiger partial charge in [0.15, 0.2) is 0 Å². The minimum absolute atomic E-state index is 0.144. The van der Waals surface area contributed by atoms with Crippen LogP contribution in [0.2, 0.25) is 0 Å². The largest absolute Gasteiger partial charge is 0.497 e. The maximum Gasteiger partial charge on any atom is 0.256 e. The van der Waals surface area contributed by atoms with Gasteiger partial charge in [-0.15, -0.1) is 0 Å². The van der Waals surface area contributed by atoms with Gasteiger partial charge in [0.05, 0.1) is 21.3 Å². The molecule has 2 aromatic carbocycles. The van der Waals surface area contributed by atoms with E-state index in [0.717, 1.165) is 11.1 Å². The number of Topliss-reactive ketones (excluding diaryl/α,β-unsaturated/α-hetero) is 2. The molecule has 1 aliphatic carbocycles. The number of amides is 1. The fourth-order valence-electron chi connectivity index (χ4n) is 4.37. The topological polar surface area (TPSA) is 104 Å². The summed E-state index contributed by atoms with van der Waals surface area (Å²) < 4.78 is 15.6. The van der Waals surface area contributed by atoms with E-state index >= 15 is 0 Å². The van der Waals surface area contributed by atoms with Crippen LogP contribution in [0.4, 0.5) is 5.69 Å². The molecule has 0 fully saturated rings. The van der Waals surface area contributed by atoms with Crippen molar-refractivity contribution in [1.82, 2.24) is 4.98 Å². The van der Waals surface area contributed by atoms with Crippen molar-refractivity contribution in [2.75, 3.05) is 26.6 Å². The first-order valence-corrected chi connectivity index (χ1v) is 11.4. The Balaban J connectivity index is 1.87. The Kier molecular flexibility index (Phi) is 7.20. The molecule has 1 aliphatic rings. The lowest BCUT2D eigenvalue weighted by Gasteiger charge is -2.22. The van der Waals surface area contributed by atoms with Crippen LogP contribution in [0.15, 0.2) is 78.0 Å². The highest BCUT2D eigenvalue weighted by Gasteiger charge is 2.36. The number of aromatic nitrogens is 1. The summed E-state index contributed by atoms with van der Waals surface area (Å²) in [5.74, 6) is -0.992. The molecule has 0 radical (unpaired) electrons. The molecule has 3 aromatic rings. The van der Waals surface area contributed by atoms with Crippen LogP contribution in [0, 0.1) is 6.92 Å². The fourth-order valence-corrected chi connectivity index (χ4v) is 4.37. The number of carbonyl (C=O) groups excluding carboxylic acids is 3. The molecule has 0 aliphatic heterocycles. The van der Waals surface area contributed by atoms with E-state index in [1.807, 2.05) is 13.0 Å². The second-order valence-electron chi connectivity index (χ2n) is 8.36. The van der Waals surface area contributed by atoms with Gasteiger partial charge in [-0.25, -0.2) is 0 Å². The lowest BCUT2D eigenvalue weighted by atomic mass is 9.84. The summed E-state index contributed by atoms with van der Waals surface area (Å²) in [6.07, 6.45) is 3.32. The summed E-state index contributed by atoms with van der Waals surface area (Å²) in [5, 5.41) is 2.91. The van der Waals surface area contributed by atoms with Gasteiger partial charge >= 0.3 is 0 Å². The number of methoxy groups -OCH3 is 3. The molecule has 1 N–H and O–H groups in total. The molecule has 8 heteroatoms. The summed E-state index contributed by atoms with van der Waals surface area (Å²) in [7, 11) is 4.18. The molecule has 0 saturated heterocycles. The van der Waals surface area contributed by atoms with Crippen molar-refractivity contribution in [1.29, 1.82) is 0 Å². The third-order valence-corrected chi connectivity index (χ3v) is 6.14. The average molecular weight is 499 g/mol. The molecule has 0 atom stereocenters. The van der Waals surface area contributed by atoms with E-state index in [1.54, 1.807) is 68.9 Å². The van der Waals surface area contributed by atoms with Crippen LogP contribution in [-0.2, 0) is 19.1 Å². The van der Waals surface area contributed by atoms with Crippen molar-refractivity contribution >= 4 is 28.7 Å². The first-order valence-electron chi connectivity index (χ1n) is 11.4. The number of hydrogen-bond acceptors (Lipinski definition) is 7. The monoisotopic (exact) mass is 498 g/mol. The van der Waals surface area contributed by atoms with Gasteiger partial charge in [0, 0.05) is 40.4 Å². The highest BCUT2D eigenvalue weighted by atomic mass is 16.5.